The summed E-state index contributed by atoms with van der Waals surface area (Å²) in [6.07, 6.45) is 1.19. The van der Waals surface area contributed by atoms with E-state index in [-0.39, 0.29) is 17.9 Å². The lowest BCUT2D eigenvalue weighted by Gasteiger charge is -2.18. The van der Waals surface area contributed by atoms with Gasteiger partial charge >= 0.3 is 0 Å². The maximum absolute atomic E-state index is 13.8. The van der Waals surface area contributed by atoms with Crippen LogP contribution >= 0.6 is 0 Å². The molecular weight excluding hydrogens is 272 g/mol. The molecule has 1 heterocycles. The van der Waals surface area contributed by atoms with Gasteiger partial charge in [-0.25, -0.2) is 8.42 Å². The summed E-state index contributed by atoms with van der Waals surface area (Å²) >= 11 is 0. The molecule has 1 atom stereocenters. The normalized spacial score (nSPS) is 22.5. The number of sulfone groups is 1. The standard InChI is InChI=1S/C13H17F2NO2S/c14-13(15,11-5-2-1-3-6-11)10-16-9-12-7-4-8-19(12,17)18/h1-3,5-6,12,16H,4,7-10H2. The van der Waals surface area contributed by atoms with Crippen LogP contribution in [0.1, 0.15) is 18.4 Å². The fourth-order valence-electron chi connectivity index (χ4n) is 2.26. The van der Waals surface area contributed by atoms with Crippen molar-refractivity contribution < 1.29 is 17.2 Å². The Balaban J connectivity index is 1.89. The monoisotopic (exact) mass is 289 g/mol. The molecule has 0 aromatic heterocycles. The van der Waals surface area contributed by atoms with E-state index in [0.717, 1.165) is 0 Å². The molecule has 3 nitrogen and oxygen atoms in total. The third-order valence-corrected chi connectivity index (χ3v) is 5.65. The van der Waals surface area contributed by atoms with Gasteiger partial charge in [0.15, 0.2) is 9.84 Å². The third kappa shape index (κ3) is 3.51. The molecule has 0 saturated carbocycles. The molecular formula is C13H17F2NO2S. The van der Waals surface area contributed by atoms with Crippen molar-refractivity contribution in [1.82, 2.24) is 5.32 Å². The fourth-order valence-corrected chi connectivity index (χ4v) is 4.06. The molecule has 106 valence electrons. The summed E-state index contributed by atoms with van der Waals surface area (Å²) in [5, 5.41) is 2.08. The van der Waals surface area contributed by atoms with Gasteiger partial charge < -0.3 is 5.32 Å². The summed E-state index contributed by atoms with van der Waals surface area (Å²) < 4.78 is 50.7. The lowest BCUT2D eigenvalue weighted by molar-refractivity contribution is -0.00293. The number of rotatable bonds is 5. The molecule has 1 unspecified atom stereocenters. The second kappa shape index (κ2) is 5.54. The van der Waals surface area contributed by atoms with E-state index >= 15 is 0 Å². The molecule has 0 aliphatic carbocycles. The Labute approximate surface area is 111 Å². The van der Waals surface area contributed by atoms with Crippen molar-refractivity contribution >= 4 is 9.84 Å². The van der Waals surface area contributed by atoms with Gasteiger partial charge in [0.2, 0.25) is 0 Å². The summed E-state index contributed by atoms with van der Waals surface area (Å²) in [7, 11) is -3.08. The molecule has 1 aromatic carbocycles. The maximum atomic E-state index is 13.8. The molecule has 0 bridgehead atoms. The van der Waals surface area contributed by atoms with Crippen LogP contribution < -0.4 is 5.32 Å². The van der Waals surface area contributed by atoms with Crippen LogP contribution in [0.15, 0.2) is 30.3 Å². The van der Waals surface area contributed by atoms with Gasteiger partial charge in [0.25, 0.3) is 5.92 Å². The number of hydrogen-bond donors (Lipinski definition) is 1. The summed E-state index contributed by atoms with van der Waals surface area (Å²) in [5.74, 6) is -2.81. The topological polar surface area (TPSA) is 46.2 Å². The Bertz CT molecular complexity index is 517. The molecule has 1 fully saturated rings. The van der Waals surface area contributed by atoms with Crippen LogP contribution in [0.5, 0.6) is 0 Å². The van der Waals surface area contributed by atoms with E-state index in [1.165, 1.54) is 12.1 Å². The highest BCUT2D eigenvalue weighted by molar-refractivity contribution is 7.92. The molecule has 1 aliphatic rings. The van der Waals surface area contributed by atoms with Gasteiger partial charge in [0.05, 0.1) is 17.5 Å². The molecule has 0 radical (unpaired) electrons. The summed E-state index contributed by atoms with van der Waals surface area (Å²) in [6.45, 7) is -0.437. The first-order valence-electron chi connectivity index (χ1n) is 6.27. The highest BCUT2D eigenvalue weighted by Crippen LogP contribution is 2.27. The predicted octanol–water partition coefficient (Wildman–Crippen LogP) is 1.95. The van der Waals surface area contributed by atoms with Gasteiger partial charge in [-0.1, -0.05) is 30.3 Å². The Kier molecular flexibility index (Phi) is 4.20. The Morgan fingerprint density at radius 1 is 1.26 bits per heavy atom. The first-order valence-corrected chi connectivity index (χ1v) is 7.99. The van der Waals surface area contributed by atoms with Crippen molar-refractivity contribution in [1.29, 1.82) is 0 Å². The fraction of sp³-hybridized carbons (Fsp3) is 0.538. The minimum absolute atomic E-state index is 0.0585. The SMILES string of the molecule is O=S1(=O)CCCC1CNCC(F)(F)c1ccccc1. The summed E-state index contributed by atoms with van der Waals surface area (Å²) in [5.41, 5.74) is -0.0585. The average molecular weight is 289 g/mol. The molecule has 0 amide bonds. The van der Waals surface area contributed by atoms with E-state index in [0.29, 0.717) is 12.8 Å². The lowest BCUT2D eigenvalue weighted by atomic mass is 10.1. The van der Waals surface area contributed by atoms with Gasteiger partial charge in [0, 0.05) is 12.1 Å². The van der Waals surface area contributed by atoms with E-state index in [2.05, 4.69) is 5.32 Å². The summed E-state index contributed by atoms with van der Waals surface area (Å²) in [6, 6.07) is 7.54. The molecule has 1 saturated heterocycles. The first-order chi connectivity index (χ1) is 8.92. The van der Waals surface area contributed by atoms with Crippen LogP contribution in [0.3, 0.4) is 0 Å². The van der Waals surface area contributed by atoms with E-state index < -0.39 is 27.6 Å². The largest absolute Gasteiger partial charge is 0.310 e. The highest BCUT2D eigenvalue weighted by atomic mass is 32.2. The zero-order valence-electron chi connectivity index (χ0n) is 10.5. The quantitative estimate of drug-likeness (QED) is 0.901. The van der Waals surface area contributed by atoms with Crippen LogP contribution in [-0.4, -0.2) is 32.5 Å². The van der Waals surface area contributed by atoms with Crippen LogP contribution in [-0.2, 0) is 15.8 Å². The van der Waals surface area contributed by atoms with Crippen molar-refractivity contribution in [3.63, 3.8) is 0 Å². The van der Waals surface area contributed by atoms with E-state index in [1.807, 2.05) is 0 Å². The number of hydrogen-bond acceptors (Lipinski definition) is 3. The third-order valence-electron chi connectivity index (χ3n) is 3.38. The Morgan fingerprint density at radius 2 is 1.95 bits per heavy atom. The average Bonchev–Trinajstić information content (AvgIpc) is 2.70. The maximum Gasteiger partial charge on any atom is 0.285 e. The van der Waals surface area contributed by atoms with Gasteiger partial charge in [-0.15, -0.1) is 0 Å². The molecule has 6 heteroatoms. The number of halogens is 2. The van der Waals surface area contributed by atoms with Crippen LogP contribution in [0.25, 0.3) is 0 Å². The molecule has 1 aliphatic heterocycles. The molecule has 2 rings (SSSR count). The highest BCUT2D eigenvalue weighted by Gasteiger charge is 2.34. The number of alkyl halides is 2. The lowest BCUT2D eigenvalue weighted by Crippen LogP contribution is -2.37. The van der Waals surface area contributed by atoms with E-state index in [9.17, 15) is 17.2 Å². The van der Waals surface area contributed by atoms with Crippen molar-refractivity contribution in [2.24, 2.45) is 0 Å². The minimum atomic E-state index is -3.08. The van der Waals surface area contributed by atoms with Crippen molar-refractivity contribution in [3.05, 3.63) is 35.9 Å². The minimum Gasteiger partial charge on any atom is -0.310 e. The number of nitrogens with one attached hydrogen (secondary N) is 1. The van der Waals surface area contributed by atoms with E-state index in [1.54, 1.807) is 18.2 Å². The van der Waals surface area contributed by atoms with Crippen LogP contribution in [0.4, 0.5) is 8.78 Å². The van der Waals surface area contributed by atoms with Gasteiger partial charge in [0.1, 0.15) is 0 Å². The van der Waals surface area contributed by atoms with Crippen molar-refractivity contribution in [3.8, 4) is 0 Å². The zero-order chi connectivity index (χ0) is 13.9. The van der Waals surface area contributed by atoms with Gasteiger partial charge in [-0.3, -0.25) is 0 Å². The predicted molar refractivity (Wildman–Crippen MR) is 70.0 cm³/mol. The van der Waals surface area contributed by atoms with Crippen molar-refractivity contribution in [2.45, 2.75) is 24.0 Å². The molecule has 19 heavy (non-hydrogen) atoms. The second-order valence-corrected chi connectivity index (χ2v) is 7.23. The Hall–Kier alpha value is -1.01. The zero-order valence-corrected chi connectivity index (χ0v) is 11.3. The second-order valence-electron chi connectivity index (χ2n) is 4.83. The molecule has 0 spiro atoms. The summed E-state index contributed by atoms with van der Waals surface area (Å²) in [4.78, 5) is 0. The van der Waals surface area contributed by atoms with Crippen LogP contribution in [0, 0.1) is 0 Å². The Morgan fingerprint density at radius 3 is 2.53 bits per heavy atom. The van der Waals surface area contributed by atoms with E-state index in [4.69, 9.17) is 0 Å². The van der Waals surface area contributed by atoms with Gasteiger partial charge in [-0.2, -0.15) is 8.78 Å². The molecule has 1 aromatic rings. The van der Waals surface area contributed by atoms with Gasteiger partial charge in [-0.05, 0) is 12.8 Å². The van der Waals surface area contributed by atoms with Crippen LogP contribution in [0.2, 0.25) is 0 Å². The van der Waals surface area contributed by atoms with Crippen molar-refractivity contribution in [2.75, 3.05) is 18.8 Å². The molecule has 1 N–H and O–H groups in total. The first kappa shape index (κ1) is 14.4. The smallest absolute Gasteiger partial charge is 0.285 e. The number of benzene rings is 1.